The average molecular weight is 338 g/mol. The van der Waals surface area contributed by atoms with Gasteiger partial charge in [0.15, 0.2) is 5.69 Å². The van der Waals surface area contributed by atoms with Gasteiger partial charge in [-0.3, -0.25) is 4.79 Å². The SMILES string of the molecule is CCCCN1CCOc2nnn(P(P)PP)c2C1=O. The number of ether oxygens (including phenoxy) is 1. The van der Waals surface area contributed by atoms with Gasteiger partial charge >= 0.3 is 0 Å². The number of carbonyl (C=O) groups is 1. The minimum Gasteiger partial charge on any atom is -0.473 e. The van der Waals surface area contributed by atoms with E-state index in [1.165, 1.54) is 0 Å². The van der Waals surface area contributed by atoms with E-state index in [9.17, 15) is 4.79 Å². The number of aromatic nitrogens is 3. The molecule has 4 atom stereocenters. The van der Waals surface area contributed by atoms with E-state index in [0.717, 1.165) is 19.4 Å². The Kier molecular flexibility index (Phi) is 5.90. The molecule has 6 nitrogen and oxygen atoms in total. The van der Waals surface area contributed by atoms with Crippen molar-refractivity contribution in [2.24, 2.45) is 0 Å². The minimum atomic E-state index is -0.599. The predicted octanol–water partition coefficient (Wildman–Crippen LogP) is 2.33. The molecule has 1 aromatic rings. The summed E-state index contributed by atoms with van der Waals surface area (Å²) >= 11 is 0. The van der Waals surface area contributed by atoms with Crippen molar-refractivity contribution in [2.75, 3.05) is 19.7 Å². The first-order chi connectivity index (χ1) is 9.19. The molecule has 4 unspecified atom stereocenters. The van der Waals surface area contributed by atoms with Gasteiger partial charge in [-0.25, -0.2) is 4.45 Å². The van der Waals surface area contributed by atoms with Gasteiger partial charge in [-0.05, 0) is 14.4 Å². The summed E-state index contributed by atoms with van der Waals surface area (Å²) in [6.07, 6.45) is 2.07. The Hall–Kier alpha value is 0.130. The van der Waals surface area contributed by atoms with Crippen LogP contribution in [-0.2, 0) is 0 Å². The number of carbonyl (C=O) groups excluding carboxylic acids is 1. The topological polar surface area (TPSA) is 60.2 Å². The van der Waals surface area contributed by atoms with E-state index >= 15 is 0 Å². The zero-order chi connectivity index (χ0) is 13.8. The summed E-state index contributed by atoms with van der Waals surface area (Å²) in [5, 5.41) is 8.06. The van der Waals surface area contributed by atoms with Gasteiger partial charge in [0.25, 0.3) is 11.8 Å². The number of fused-ring (bicyclic) bond motifs is 1. The van der Waals surface area contributed by atoms with Crippen LogP contribution in [0.1, 0.15) is 30.3 Å². The van der Waals surface area contributed by atoms with Crippen LogP contribution in [0, 0.1) is 0 Å². The van der Waals surface area contributed by atoms with E-state index in [4.69, 9.17) is 4.74 Å². The van der Waals surface area contributed by atoms with Crippen LogP contribution in [0.3, 0.4) is 0 Å². The lowest BCUT2D eigenvalue weighted by Crippen LogP contribution is -2.34. The van der Waals surface area contributed by atoms with Crippen LogP contribution < -0.4 is 4.74 Å². The Morgan fingerprint density at radius 1 is 1.58 bits per heavy atom. The van der Waals surface area contributed by atoms with Crippen molar-refractivity contribution >= 4 is 39.2 Å². The maximum Gasteiger partial charge on any atom is 0.278 e. The molecule has 1 aromatic heterocycles. The fourth-order valence-corrected chi connectivity index (χ4v) is 4.65. The van der Waals surface area contributed by atoms with Gasteiger partial charge in [-0.15, -0.1) is 8.93 Å². The number of hydrogen-bond donors (Lipinski definition) is 0. The summed E-state index contributed by atoms with van der Waals surface area (Å²) < 4.78 is 7.26. The van der Waals surface area contributed by atoms with Crippen LogP contribution >= 0.6 is 33.3 Å². The largest absolute Gasteiger partial charge is 0.473 e. The standard InChI is InChI=1S/C9H18N4O2P4/c1-2-3-4-12-5-6-15-8-7(9(12)14)13(11-10-8)19(17)18-16/h18H,2-6,16-17H2,1H3. The Morgan fingerprint density at radius 3 is 3.05 bits per heavy atom. The second-order valence-corrected chi connectivity index (χ2v) is 12.9. The predicted molar refractivity (Wildman–Crippen MR) is 86.4 cm³/mol. The van der Waals surface area contributed by atoms with Crippen molar-refractivity contribution in [3.8, 4) is 5.88 Å². The first-order valence-corrected chi connectivity index (χ1v) is 12.6. The quantitative estimate of drug-likeness (QED) is 0.773. The molecule has 0 aliphatic carbocycles. The van der Waals surface area contributed by atoms with E-state index in [-0.39, 0.29) is 5.91 Å². The normalized spacial score (nSPS) is 17.4. The molecular formula is C9H18N4O2P4. The zero-order valence-electron chi connectivity index (χ0n) is 10.7. The number of amides is 1. The molecule has 0 bridgehead atoms. The summed E-state index contributed by atoms with van der Waals surface area (Å²) in [6.45, 7) is 3.99. The summed E-state index contributed by atoms with van der Waals surface area (Å²) in [5.41, 5.74) is 0.504. The van der Waals surface area contributed by atoms with Gasteiger partial charge in [0.2, 0.25) is 0 Å². The Bertz CT molecular complexity index is 455. The summed E-state index contributed by atoms with van der Waals surface area (Å²) in [6, 6.07) is 0. The summed E-state index contributed by atoms with van der Waals surface area (Å²) in [7, 11) is 5.45. The van der Waals surface area contributed by atoms with Crippen molar-refractivity contribution in [1.29, 1.82) is 0 Å². The van der Waals surface area contributed by atoms with Crippen LogP contribution in [0.15, 0.2) is 0 Å². The maximum atomic E-state index is 12.6. The molecule has 2 rings (SSSR count). The summed E-state index contributed by atoms with van der Waals surface area (Å²) in [4.78, 5) is 14.4. The highest BCUT2D eigenvalue weighted by molar-refractivity contribution is 8.60. The molecule has 1 aliphatic heterocycles. The van der Waals surface area contributed by atoms with Gasteiger partial charge in [-0.1, -0.05) is 32.6 Å². The van der Waals surface area contributed by atoms with Crippen molar-refractivity contribution in [3.05, 3.63) is 5.69 Å². The van der Waals surface area contributed by atoms with Crippen LogP contribution in [0.25, 0.3) is 0 Å². The molecule has 0 radical (unpaired) electrons. The highest BCUT2D eigenvalue weighted by Gasteiger charge is 2.30. The van der Waals surface area contributed by atoms with Crippen molar-refractivity contribution in [1.82, 2.24) is 19.7 Å². The second-order valence-electron chi connectivity index (χ2n) is 4.10. The fourth-order valence-electron chi connectivity index (χ4n) is 1.81. The highest BCUT2D eigenvalue weighted by atomic mass is 32.6. The van der Waals surface area contributed by atoms with E-state index in [1.54, 1.807) is 4.45 Å². The lowest BCUT2D eigenvalue weighted by Gasteiger charge is -2.20. The van der Waals surface area contributed by atoms with Crippen molar-refractivity contribution < 1.29 is 9.53 Å². The average Bonchev–Trinajstić information content (AvgIpc) is 2.78. The van der Waals surface area contributed by atoms with Crippen molar-refractivity contribution in [2.45, 2.75) is 19.8 Å². The van der Waals surface area contributed by atoms with Crippen LogP contribution in [-0.4, -0.2) is 45.3 Å². The Balaban J connectivity index is 2.29. The van der Waals surface area contributed by atoms with E-state index in [1.807, 2.05) is 4.90 Å². The van der Waals surface area contributed by atoms with E-state index in [0.29, 0.717) is 32.7 Å². The third kappa shape index (κ3) is 3.42. The third-order valence-electron chi connectivity index (χ3n) is 2.83. The molecule has 0 saturated heterocycles. The minimum absolute atomic E-state index is 0.0100. The Morgan fingerprint density at radius 2 is 2.37 bits per heavy atom. The van der Waals surface area contributed by atoms with E-state index in [2.05, 4.69) is 35.1 Å². The lowest BCUT2D eigenvalue weighted by molar-refractivity contribution is 0.0745. The zero-order valence-corrected chi connectivity index (χ0v) is 14.9. The number of hydrogen-bond acceptors (Lipinski definition) is 4. The van der Waals surface area contributed by atoms with Gasteiger partial charge in [0.05, 0.1) is 14.0 Å². The number of rotatable bonds is 5. The molecule has 0 N–H and O–H groups in total. The molecule has 2 heterocycles. The summed E-state index contributed by atoms with van der Waals surface area (Å²) in [5.74, 6) is 0.367. The first kappa shape index (κ1) is 15.5. The fraction of sp³-hybridized carbons (Fsp3) is 0.667. The smallest absolute Gasteiger partial charge is 0.278 e. The van der Waals surface area contributed by atoms with E-state index < -0.39 is 7.45 Å². The molecule has 0 spiro atoms. The molecule has 19 heavy (non-hydrogen) atoms. The lowest BCUT2D eigenvalue weighted by atomic mass is 10.3. The third-order valence-corrected chi connectivity index (χ3v) is 12.2. The maximum absolute atomic E-state index is 12.6. The molecule has 0 saturated carbocycles. The molecule has 0 fully saturated rings. The number of nitrogens with zero attached hydrogens (tertiary/aromatic N) is 4. The van der Waals surface area contributed by atoms with Crippen LogP contribution in [0.4, 0.5) is 0 Å². The monoisotopic (exact) mass is 338 g/mol. The molecule has 1 amide bonds. The molecule has 1 aliphatic rings. The first-order valence-electron chi connectivity index (χ1n) is 6.08. The van der Waals surface area contributed by atoms with Gasteiger partial charge in [0, 0.05) is 6.54 Å². The highest BCUT2D eigenvalue weighted by Crippen LogP contribution is 2.66. The number of unbranched alkanes of at least 4 members (excludes halogenated alkanes) is 1. The van der Waals surface area contributed by atoms with Gasteiger partial charge in [0.1, 0.15) is 6.61 Å². The molecule has 0 aromatic carbocycles. The molecule has 10 heteroatoms. The molecular weight excluding hydrogens is 320 g/mol. The van der Waals surface area contributed by atoms with Crippen LogP contribution in [0.5, 0.6) is 5.88 Å². The Labute approximate surface area is 120 Å². The van der Waals surface area contributed by atoms with Gasteiger partial charge in [-0.2, -0.15) is 0 Å². The van der Waals surface area contributed by atoms with Gasteiger partial charge < -0.3 is 9.64 Å². The second kappa shape index (κ2) is 7.23. The van der Waals surface area contributed by atoms with Crippen molar-refractivity contribution in [3.63, 3.8) is 0 Å². The van der Waals surface area contributed by atoms with Crippen LogP contribution in [0.2, 0.25) is 0 Å². The molecule has 106 valence electrons.